The number of amides is 1. The Morgan fingerprint density at radius 2 is 2.03 bits per heavy atom. The number of anilines is 1. The van der Waals surface area contributed by atoms with Crippen LogP contribution >= 0.6 is 0 Å². The predicted octanol–water partition coefficient (Wildman–Crippen LogP) is 3.03. The van der Waals surface area contributed by atoms with Gasteiger partial charge in [0.05, 0.1) is 31.4 Å². The first-order valence-corrected chi connectivity index (χ1v) is 9.64. The van der Waals surface area contributed by atoms with Crippen molar-refractivity contribution in [2.75, 3.05) is 38.7 Å². The lowest BCUT2D eigenvalue weighted by Crippen LogP contribution is -2.35. The zero-order chi connectivity index (χ0) is 20.2. The van der Waals surface area contributed by atoms with Gasteiger partial charge in [0, 0.05) is 36.9 Å². The molecule has 0 bridgehead atoms. The van der Waals surface area contributed by atoms with Gasteiger partial charge in [-0.25, -0.2) is 4.98 Å². The third-order valence-corrected chi connectivity index (χ3v) is 4.96. The van der Waals surface area contributed by atoms with E-state index in [0.717, 1.165) is 55.0 Å². The summed E-state index contributed by atoms with van der Waals surface area (Å²) >= 11 is 0. The van der Waals surface area contributed by atoms with Crippen molar-refractivity contribution in [3.63, 3.8) is 0 Å². The van der Waals surface area contributed by atoms with Gasteiger partial charge in [-0.3, -0.25) is 14.7 Å². The van der Waals surface area contributed by atoms with Crippen LogP contribution in [0.1, 0.15) is 21.6 Å². The number of benzene rings is 1. The molecule has 29 heavy (non-hydrogen) atoms. The van der Waals surface area contributed by atoms with E-state index < -0.39 is 0 Å². The van der Waals surface area contributed by atoms with Gasteiger partial charge in [0.1, 0.15) is 11.6 Å². The van der Waals surface area contributed by atoms with E-state index in [1.807, 2.05) is 43.5 Å². The van der Waals surface area contributed by atoms with Crippen molar-refractivity contribution in [1.82, 2.24) is 14.9 Å². The highest BCUT2D eigenvalue weighted by molar-refractivity contribution is 6.12. The summed E-state index contributed by atoms with van der Waals surface area (Å²) in [5.74, 6) is 0.983. The van der Waals surface area contributed by atoms with E-state index in [-0.39, 0.29) is 5.91 Å². The molecule has 4 rings (SSSR count). The summed E-state index contributed by atoms with van der Waals surface area (Å²) in [6, 6.07) is 11.1. The van der Waals surface area contributed by atoms with Gasteiger partial charge in [-0.05, 0) is 42.8 Å². The molecule has 0 saturated carbocycles. The first-order chi connectivity index (χ1) is 14.1. The highest BCUT2D eigenvalue weighted by Crippen LogP contribution is 2.24. The van der Waals surface area contributed by atoms with Crippen LogP contribution in [0.5, 0.6) is 5.75 Å². The topological polar surface area (TPSA) is 76.6 Å². The molecule has 1 aliphatic rings. The number of nitrogens with one attached hydrogen (secondary N) is 1. The van der Waals surface area contributed by atoms with Gasteiger partial charge in [-0.2, -0.15) is 0 Å². The molecule has 7 heteroatoms. The smallest absolute Gasteiger partial charge is 0.257 e. The number of methoxy groups -OCH3 is 1. The van der Waals surface area contributed by atoms with Crippen molar-refractivity contribution in [2.24, 2.45) is 0 Å². The Morgan fingerprint density at radius 3 is 2.76 bits per heavy atom. The van der Waals surface area contributed by atoms with Crippen LogP contribution in [-0.4, -0.2) is 54.2 Å². The van der Waals surface area contributed by atoms with E-state index in [0.29, 0.717) is 17.1 Å². The average Bonchev–Trinajstić information content (AvgIpc) is 2.75. The first kappa shape index (κ1) is 19.3. The zero-order valence-electron chi connectivity index (χ0n) is 16.6. The van der Waals surface area contributed by atoms with E-state index in [2.05, 4.69) is 20.2 Å². The van der Waals surface area contributed by atoms with Crippen LogP contribution in [0.3, 0.4) is 0 Å². The molecule has 1 aromatic carbocycles. The molecule has 2 aromatic heterocycles. The summed E-state index contributed by atoms with van der Waals surface area (Å²) in [6.07, 6.45) is 1.81. The molecule has 1 saturated heterocycles. The van der Waals surface area contributed by atoms with Gasteiger partial charge in [0.2, 0.25) is 0 Å². The summed E-state index contributed by atoms with van der Waals surface area (Å²) in [6.45, 7) is 6.10. The lowest BCUT2D eigenvalue weighted by atomic mass is 10.1. The molecule has 0 aliphatic carbocycles. The average molecular weight is 392 g/mol. The lowest BCUT2D eigenvalue weighted by molar-refractivity contribution is 0.0341. The third kappa shape index (κ3) is 4.52. The molecule has 0 radical (unpaired) electrons. The van der Waals surface area contributed by atoms with Crippen molar-refractivity contribution in [1.29, 1.82) is 0 Å². The highest BCUT2D eigenvalue weighted by Gasteiger charge is 2.15. The Hall–Kier alpha value is -3.03. The van der Waals surface area contributed by atoms with Crippen LogP contribution in [0, 0.1) is 6.92 Å². The van der Waals surface area contributed by atoms with Crippen molar-refractivity contribution in [3.8, 4) is 5.75 Å². The standard InChI is InChI=1S/C22H24N4O3/c1-15-11-19(18-12-17(28-2)4-5-20(18)24-15)22(27)25-21-6-3-16(13-23-21)14-26-7-9-29-10-8-26/h3-6,11-13H,7-10,14H2,1-2H3,(H,23,25,27). The SMILES string of the molecule is COc1ccc2nc(C)cc(C(=O)Nc3ccc(CN4CCOCC4)cn3)c2c1. The number of pyridine rings is 2. The minimum absolute atomic E-state index is 0.220. The van der Waals surface area contributed by atoms with Crippen LogP contribution in [0.4, 0.5) is 5.82 Å². The van der Waals surface area contributed by atoms with Gasteiger partial charge in [0.25, 0.3) is 5.91 Å². The molecule has 7 nitrogen and oxygen atoms in total. The number of aryl methyl sites for hydroxylation is 1. The molecule has 1 amide bonds. The molecule has 3 heterocycles. The quantitative estimate of drug-likeness (QED) is 0.719. The number of nitrogens with zero attached hydrogens (tertiary/aromatic N) is 3. The molecular formula is C22H24N4O3. The number of hydrogen-bond donors (Lipinski definition) is 1. The molecule has 0 spiro atoms. The number of ether oxygens (including phenoxy) is 2. The number of fused-ring (bicyclic) bond motifs is 1. The fourth-order valence-electron chi connectivity index (χ4n) is 3.45. The van der Waals surface area contributed by atoms with E-state index in [1.54, 1.807) is 13.2 Å². The van der Waals surface area contributed by atoms with E-state index in [9.17, 15) is 4.79 Å². The Bertz CT molecular complexity index is 1010. The predicted molar refractivity (Wildman–Crippen MR) is 111 cm³/mol. The van der Waals surface area contributed by atoms with E-state index in [1.165, 1.54) is 0 Å². The van der Waals surface area contributed by atoms with E-state index >= 15 is 0 Å². The molecule has 3 aromatic rings. The maximum absolute atomic E-state index is 12.9. The Labute approximate surface area is 169 Å². The van der Waals surface area contributed by atoms with Crippen LogP contribution < -0.4 is 10.1 Å². The summed E-state index contributed by atoms with van der Waals surface area (Å²) in [5, 5.41) is 3.64. The maximum Gasteiger partial charge on any atom is 0.257 e. The number of hydrogen-bond acceptors (Lipinski definition) is 6. The van der Waals surface area contributed by atoms with Crippen LogP contribution in [0.25, 0.3) is 10.9 Å². The van der Waals surface area contributed by atoms with Crippen LogP contribution in [0.2, 0.25) is 0 Å². The fraction of sp³-hybridized carbons (Fsp3) is 0.318. The van der Waals surface area contributed by atoms with Crippen LogP contribution in [0.15, 0.2) is 42.6 Å². The number of carbonyl (C=O) groups is 1. The maximum atomic E-state index is 12.9. The number of morpholine rings is 1. The minimum Gasteiger partial charge on any atom is -0.497 e. The molecule has 1 N–H and O–H groups in total. The Morgan fingerprint density at radius 1 is 1.21 bits per heavy atom. The second-order valence-electron chi connectivity index (χ2n) is 7.09. The van der Waals surface area contributed by atoms with Gasteiger partial charge >= 0.3 is 0 Å². The summed E-state index contributed by atoms with van der Waals surface area (Å²) in [5.41, 5.74) is 3.19. The van der Waals surface area contributed by atoms with Crippen LogP contribution in [-0.2, 0) is 11.3 Å². The number of carbonyl (C=O) groups excluding carboxylic acids is 1. The molecule has 150 valence electrons. The third-order valence-electron chi connectivity index (χ3n) is 4.96. The number of rotatable bonds is 5. The van der Waals surface area contributed by atoms with Gasteiger partial charge in [0.15, 0.2) is 0 Å². The fourth-order valence-corrected chi connectivity index (χ4v) is 3.45. The highest BCUT2D eigenvalue weighted by atomic mass is 16.5. The molecule has 0 atom stereocenters. The molecular weight excluding hydrogens is 368 g/mol. The summed E-state index contributed by atoms with van der Waals surface area (Å²) in [7, 11) is 1.60. The lowest BCUT2D eigenvalue weighted by Gasteiger charge is -2.26. The second kappa shape index (κ2) is 8.55. The van der Waals surface area contributed by atoms with Crippen molar-refractivity contribution in [3.05, 3.63) is 59.4 Å². The van der Waals surface area contributed by atoms with E-state index in [4.69, 9.17) is 9.47 Å². The van der Waals surface area contributed by atoms with Crippen molar-refractivity contribution >= 4 is 22.6 Å². The van der Waals surface area contributed by atoms with Gasteiger partial charge in [-0.1, -0.05) is 6.07 Å². The Balaban J connectivity index is 1.51. The van der Waals surface area contributed by atoms with Crippen molar-refractivity contribution < 1.29 is 14.3 Å². The normalized spacial score (nSPS) is 14.7. The second-order valence-corrected chi connectivity index (χ2v) is 7.09. The molecule has 0 unspecified atom stereocenters. The molecule has 1 aliphatic heterocycles. The monoisotopic (exact) mass is 392 g/mol. The van der Waals surface area contributed by atoms with Crippen molar-refractivity contribution in [2.45, 2.75) is 13.5 Å². The largest absolute Gasteiger partial charge is 0.497 e. The van der Waals surface area contributed by atoms with Gasteiger partial charge < -0.3 is 14.8 Å². The summed E-state index contributed by atoms with van der Waals surface area (Å²) in [4.78, 5) is 24.2. The first-order valence-electron chi connectivity index (χ1n) is 9.64. The summed E-state index contributed by atoms with van der Waals surface area (Å²) < 4.78 is 10.7. The number of aromatic nitrogens is 2. The Kier molecular flexibility index (Phi) is 5.69. The minimum atomic E-state index is -0.220. The zero-order valence-corrected chi connectivity index (χ0v) is 16.6. The molecule has 1 fully saturated rings. The van der Waals surface area contributed by atoms with Gasteiger partial charge in [-0.15, -0.1) is 0 Å².